The predicted molar refractivity (Wildman–Crippen MR) is 94.7 cm³/mol. The minimum atomic E-state index is 0.457. The molecule has 1 heterocycles. The Labute approximate surface area is 139 Å². The van der Waals surface area contributed by atoms with Crippen molar-refractivity contribution < 1.29 is 4.74 Å². The first-order valence-corrected chi connectivity index (χ1v) is 8.54. The van der Waals surface area contributed by atoms with Crippen LogP contribution in [0.4, 0.5) is 0 Å². The van der Waals surface area contributed by atoms with E-state index in [4.69, 9.17) is 4.74 Å². The number of nitrogens with one attached hydrogen (secondary N) is 1. The lowest BCUT2D eigenvalue weighted by Gasteiger charge is -2.27. The summed E-state index contributed by atoms with van der Waals surface area (Å²) in [7, 11) is 0. The van der Waals surface area contributed by atoms with Crippen molar-refractivity contribution in [1.29, 1.82) is 0 Å². The van der Waals surface area contributed by atoms with Crippen LogP contribution in [0.1, 0.15) is 30.5 Å². The second-order valence-electron chi connectivity index (χ2n) is 6.16. The predicted octanol–water partition coefficient (Wildman–Crippen LogP) is 3.62. The molecule has 1 fully saturated rings. The van der Waals surface area contributed by atoms with Crippen LogP contribution in [-0.2, 0) is 6.61 Å². The normalized spacial score (nSPS) is 17.4. The summed E-state index contributed by atoms with van der Waals surface area (Å²) in [6.07, 6.45) is 1.22. The summed E-state index contributed by atoms with van der Waals surface area (Å²) in [6, 6.07) is 19.3. The highest BCUT2D eigenvalue weighted by molar-refractivity contribution is 5.29. The lowest BCUT2D eigenvalue weighted by atomic mass is 10.1. The van der Waals surface area contributed by atoms with Crippen molar-refractivity contribution in [3.8, 4) is 5.75 Å². The topological polar surface area (TPSA) is 24.5 Å². The van der Waals surface area contributed by atoms with E-state index in [9.17, 15) is 0 Å². The van der Waals surface area contributed by atoms with E-state index in [1.807, 2.05) is 18.2 Å². The molecule has 1 aliphatic rings. The fourth-order valence-electron chi connectivity index (χ4n) is 3.05. The summed E-state index contributed by atoms with van der Waals surface area (Å²) < 4.78 is 5.87. The quantitative estimate of drug-likeness (QED) is 0.913. The van der Waals surface area contributed by atoms with Gasteiger partial charge in [0.05, 0.1) is 0 Å². The third kappa shape index (κ3) is 4.57. The van der Waals surface area contributed by atoms with E-state index in [1.54, 1.807) is 0 Å². The van der Waals surface area contributed by atoms with Gasteiger partial charge in [-0.05, 0) is 49.7 Å². The SMILES string of the molecule is CC(c1ccc(OCc2ccccc2)cc1)N1CCCNCC1. The molecule has 3 heteroatoms. The second-order valence-corrected chi connectivity index (χ2v) is 6.16. The monoisotopic (exact) mass is 310 g/mol. The van der Waals surface area contributed by atoms with Crippen molar-refractivity contribution in [2.45, 2.75) is 26.0 Å². The first kappa shape index (κ1) is 16.0. The molecule has 23 heavy (non-hydrogen) atoms. The van der Waals surface area contributed by atoms with E-state index in [1.165, 1.54) is 24.1 Å². The highest BCUT2D eigenvalue weighted by atomic mass is 16.5. The standard InChI is InChI=1S/C20H26N2O/c1-17(22-14-5-12-21-13-15-22)19-8-10-20(11-9-19)23-16-18-6-3-2-4-7-18/h2-4,6-11,17,21H,5,12-16H2,1H3. The summed E-state index contributed by atoms with van der Waals surface area (Å²) in [6.45, 7) is 7.42. The van der Waals surface area contributed by atoms with Crippen molar-refractivity contribution >= 4 is 0 Å². The fraction of sp³-hybridized carbons (Fsp3) is 0.400. The van der Waals surface area contributed by atoms with Crippen LogP contribution in [0, 0.1) is 0 Å². The Morgan fingerprint density at radius 2 is 1.78 bits per heavy atom. The smallest absolute Gasteiger partial charge is 0.119 e. The van der Waals surface area contributed by atoms with E-state index in [-0.39, 0.29) is 0 Å². The Hall–Kier alpha value is -1.84. The van der Waals surface area contributed by atoms with Crippen molar-refractivity contribution in [1.82, 2.24) is 10.2 Å². The van der Waals surface area contributed by atoms with Gasteiger partial charge in [-0.2, -0.15) is 0 Å². The third-order valence-electron chi connectivity index (χ3n) is 4.53. The minimum absolute atomic E-state index is 0.457. The first-order chi connectivity index (χ1) is 11.3. The Balaban J connectivity index is 1.57. The van der Waals surface area contributed by atoms with Crippen LogP contribution in [0.5, 0.6) is 5.75 Å². The van der Waals surface area contributed by atoms with Crippen LogP contribution < -0.4 is 10.1 Å². The zero-order chi connectivity index (χ0) is 15.9. The van der Waals surface area contributed by atoms with Crippen LogP contribution in [0.2, 0.25) is 0 Å². The largest absolute Gasteiger partial charge is 0.489 e. The highest BCUT2D eigenvalue weighted by Crippen LogP contribution is 2.23. The fourth-order valence-corrected chi connectivity index (χ4v) is 3.05. The van der Waals surface area contributed by atoms with Crippen LogP contribution in [0.25, 0.3) is 0 Å². The molecule has 2 aromatic rings. The van der Waals surface area contributed by atoms with Crippen molar-refractivity contribution in [2.75, 3.05) is 26.2 Å². The maximum Gasteiger partial charge on any atom is 0.119 e. The van der Waals surface area contributed by atoms with E-state index in [0.29, 0.717) is 12.6 Å². The molecule has 1 atom stereocenters. The summed E-state index contributed by atoms with van der Waals surface area (Å²) in [5.74, 6) is 0.933. The molecular formula is C20H26N2O. The Morgan fingerprint density at radius 1 is 1.00 bits per heavy atom. The molecule has 0 bridgehead atoms. The van der Waals surface area contributed by atoms with Gasteiger partial charge in [-0.1, -0.05) is 42.5 Å². The molecule has 122 valence electrons. The first-order valence-electron chi connectivity index (χ1n) is 8.54. The molecule has 0 saturated carbocycles. The zero-order valence-electron chi connectivity index (χ0n) is 13.9. The number of hydrogen-bond donors (Lipinski definition) is 1. The maximum atomic E-state index is 5.87. The lowest BCUT2D eigenvalue weighted by molar-refractivity contribution is 0.225. The molecule has 3 rings (SSSR count). The van der Waals surface area contributed by atoms with Crippen molar-refractivity contribution in [2.24, 2.45) is 0 Å². The van der Waals surface area contributed by atoms with E-state index < -0.39 is 0 Å². The minimum Gasteiger partial charge on any atom is -0.489 e. The molecule has 1 saturated heterocycles. The van der Waals surface area contributed by atoms with Crippen LogP contribution in [0.3, 0.4) is 0 Å². The lowest BCUT2D eigenvalue weighted by Crippen LogP contribution is -2.30. The summed E-state index contributed by atoms with van der Waals surface area (Å²) in [4.78, 5) is 2.56. The summed E-state index contributed by atoms with van der Waals surface area (Å²) >= 11 is 0. The number of nitrogens with zero attached hydrogens (tertiary/aromatic N) is 1. The molecule has 3 nitrogen and oxygen atoms in total. The Bertz CT molecular complexity index is 574. The molecule has 1 unspecified atom stereocenters. The average Bonchev–Trinajstić information content (AvgIpc) is 2.90. The zero-order valence-corrected chi connectivity index (χ0v) is 13.9. The maximum absolute atomic E-state index is 5.87. The number of benzene rings is 2. The molecule has 1 N–H and O–H groups in total. The number of ether oxygens (including phenoxy) is 1. The third-order valence-corrected chi connectivity index (χ3v) is 4.53. The Morgan fingerprint density at radius 3 is 2.57 bits per heavy atom. The molecule has 0 amide bonds. The van der Waals surface area contributed by atoms with Crippen molar-refractivity contribution in [3.05, 3.63) is 65.7 Å². The van der Waals surface area contributed by atoms with E-state index in [0.717, 1.165) is 25.4 Å². The average molecular weight is 310 g/mol. The van der Waals surface area contributed by atoms with E-state index in [2.05, 4.69) is 53.5 Å². The van der Waals surface area contributed by atoms with Crippen molar-refractivity contribution in [3.63, 3.8) is 0 Å². The molecular weight excluding hydrogens is 284 g/mol. The van der Waals surface area contributed by atoms with Crippen LogP contribution >= 0.6 is 0 Å². The number of hydrogen-bond acceptors (Lipinski definition) is 3. The van der Waals surface area contributed by atoms with E-state index >= 15 is 0 Å². The molecule has 0 spiro atoms. The second kappa shape index (κ2) is 8.14. The van der Waals surface area contributed by atoms with Crippen LogP contribution in [-0.4, -0.2) is 31.1 Å². The summed E-state index contributed by atoms with van der Waals surface area (Å²) in [5.41, 5.74) is 2.56. The number of rotatable bonds is 5. The van der Waals surface area contributed by atoms with Gasteiger partial charge >= 0.3 is 0 Å². The van der Waals surface area contributed by atoms with Gasteiger partial charge in [0.15, 0.2) is 0 Å². The van der Waals surface area contributed by atoms with Gasteiger partial charge in [-0.3, -0.25) is 4.90 Å². The molecule has 1 aliphatic heterocycles. The summed E-state index contributed by atoms with van der Waals surface area (Å²) in [5, 5.41) is 3.46. The Kier molecular flexibility index (Phi) is 5.67. The van der Waals surface area contributed by atoms with Gasteiger partial charge in [0.25, 0.3) is 0 Å². The van der Waals surface area contributed by atoms with Gasteiger partial charge in [0.1, 0.15) is 12.4 Å². The molecule has 2 aromatic carbocycles. The van der Waals surface area contributed by atoms with Gasteiger partial charge in [0.2, 0.25) is 0 Å². The van der Waals surface area contributed by atoms with Gasteiger partial charge in [0, 0.05) is 19.1 Å². The van der Waals surface area contributed by atoms with Gasteiger partial charge < -0.3 is 10.1 Å². The van der Waals surface area contributed by atoms with Gasteiger partial charge in [-0.15, -0.1) is 0 Å². The van der Waals surface area contributed by atoms with Gasteiger partial charge in [-0.25, -0.2) is 0 Å². The molecule has 0 radical (unpaired) electrons. The molecule has 0 aromatic heterocycles. The highest BCUT2D eigenvalue weighted by Gasteiger charge is 2.16. The van der Waals surface area contributed by atoms with Crippen LogP contribution in [0.15, 0.2) is 54.6 Å². The molecule has 0 aliphatic carbocycles.